The molecule has 0 aliphatic rings. The van der Waals surface area contributed by atoms with Crippen LogP contribution in [0.2, 0.25) is 0 Å². The highest BCUT2D eigenvalue weighted by Crippen LogP contribution is 2.31. The van der Waals surface area contributed by atoms with E-state index >= 15 is 0 Å². The van der Waals surface area contributed by atoms with Gasteiger partial charge in [0.15, 0.2) is 27.9 Å². The third kappa shape index (κ3) is 3.05. The molecule has 136 valence electrons. The van der Waals surface area contributed by atoms with Crippen LogP contribution in [0.4, 0.5) is 8.78 Å². The minimum Gasteiger partial charge on any atom is -0.464 e. The van der Waals surface area contributed by atoms with Gasteiger partial charge in [-0.3, -0.25) is 0 Å². The summed E-state index contributed by atoms with van der Waals surface area (Å²) in [7, 11) is 1.24. The minimum absolute atomic E-state index is 0.117. The molecule has 0 spiro atoms. The number of nitrogens with zero attached hydrogens (tertiary/aromatic N) is 2. The first kappa shape index (κ1) is 18.0. The molecule has 26 heavy (non-hydrogen) atoms. The van der Waals surface area contributed by atoms with Gasteiger partial charge in [0.05, 0.1) is 19.3 Å². The molecule has 9 heteroatoms. The molecule has 3 aromatic rings. The van der Waals surface area contributed by atoms with Crippen molar-refractivity contribution >= 4 is 18.2 Å². The molecular formula is C17H15F2N3O3S. The average molecular weight is 379 g/mol. The van der Waals surface area contributed by atoms with Gasteiger partial charge in [-0.15, -0.1) is 0 Å². The second-order valence-corrected chi connectivity index (χ2v) is 5.88. The molecule has 0 saturated heterocycles. The van der Waals surface area contributed by atoms with Gasteiger partial charge < -0.3 is 18.8 Å². The van der Waals surface area contributed by atoms with E-state index in [0.29, 0.717) is 23.4 Å². The van der Waals surface area contributed by atoms with E-state index in [-0.39, 0.29) is 10.5 Å². The van der Waals surface area contributed by atoms with E-state index in [1.54, 1.807) is 6.07 Å². The predicted octanol–water partition coefficient (Wildman–Crippen LogP) is 4.26. The van der Waals surface area contributed by atoms with E-state index in [4.69, 9.17) is 21.5 Å². The van der Waals surface area contributed by atoms with Crippen LogP contribution in [0, 0.1) is 16.4 Å². The summed E-state index contributed by atoms with van der Waals surface area (Å²) in [6, 6.07) is 4.64. The number of halogens is 2. The number of carbonyl (C=O) groups is 1. The van der Waals surface area contributed by atoms with Crippen LogP contribution >= 0.6 is 12.2 Å². The highest BCUT2D eigenvalue weighted by molar-refractivity contribution is 7.71. The van der Waals surface area contributed by atoms with Gasteiger partial charge >= 0.3 is 5.97 Å². The van der Waals surface area contributed by atoms with E-state index in [0.717, 1.165) is 12.1 Å². The smallest absolute Gasteiger partial charge is 0.357 e. The predicted molar refractivity (Wildman–Crippen MR) is 91.2 cm³/mol. The molecule has 0 saturated carbocycles. The van der Waals surface area contributed by atoms with E-state index in [9.17, 15) is 13.6 Å². The van der Waals surface area contributed by atoms with E-state index in [2.05, 4.69) is 10.1 Å². The topological polar surface area (TPSA) is 73.1 Å². The van der Waals surface area contributed by atoms with Gasteiger partial charge in [-0.05, 0) is 36.3 Å². The first-order chi connectivity index (χ1) is 12.5. The highest BCUT2D eigenvalue weighted by Gasteiger charge is 2.28. The van der Waals surface area contributed by atoms with Crippen LogP contribution in [0.5, 0.6) is 0 Å². The summed E-state index contributed by atoms with van der Waals surface area (Å²) in [6.07, 6.45) is 1.90. The Labute approximate surface area is 152 Å². The Morgan fingerprint density at radius 1 is 1.38 bits per heavy atom. The number of esters is 1. The summed E-state index contributed by atoms with van der Waals surface area (Å²) in [5.74, 6) is -2.27. The Morgan fingerprint density at radius 2 is 2.15 bits per heavy atom. The molecule has 1 atom stereocenters. The van der Waals surface area contributed by atoms with Crippen LogP contribution in [0.25, 0.3) is 11.5 Å². The number of methoxy groups -OCH3 is 1. The molecule has 1 aromatic carbocycles. The van der Waals surface area contributed by atoms with Crippen molar-refractivity contribution in [3.05, 3.63) is 58.1 Å². The molecule has 0 fully saturated rings. The molecule has 0 radical (unpaired) electrons. The Balaban J connectivity index is 2.23. The maximum absolute atomic E-state index is 13.7. The van der Waals surface area contributed by atoms with Crippen LogP contribution in [-0.2, 0) is 4.74 Å². The summed E-state index contributed by atoms with van der Waals surface area (Å²) in [5, 5.41) is 3.63. The van der Waals surface area contributed by atoms with Crippen molar-refractivity contribution in [2.24, 2.45) is 0 Å². The first-order valence-electron chi connectivity index (χ1n) is 7.76. The van der Waals surface area contributed by atoms with Crippen LogP contribution < -0.4 is 0 Å². The lowest BCUT2D eigenvalue weighted by atomic mass is 10.0. The van der Waals surface area contributed by atoms with Crippen LogP contribution in [0.1, 0.15) is 35.4 Å². The van der Waals surface area contributed by atoms with Gasteiger partial charge in [-0.25, -0.2) is 13.6 Å². The standard InChI is InChI=1S/C17H15F2N3O3S/c1-3-12(9-4-5-10(18)11(19)8-9)22-15(16(23)24-2)14(21-17(22)26)13-6-7-20-25-13/h4-8,12H,3H2,1-2H3,(H,21,26). The molecule has 6 nitrogen and oxygen atoms in total. The lowest BCUT2D eigenvalue weighted by molar-refractivity contribution is 0.0587. The van der Waals surface area contributed by atoms with Gasteiger partial charge in [0, 0.05) is 6.07 Å². The zero-order valence-corrected chi connectivity index (χ0v) is 14.8. The molecular weight excluding hydrogens is 364 g/mol. The molecule has 0 aliphatic carbocycles. The van der Waals surface area contributed by atoms with Crippen molar-refractivity contribution in [2.75, 3.05) is 7.11 Å². The van der Waals surface area contributed by atoms with E-state index < -0.39 is 23.6 Å². The van der Waals surface area contributed by atoms with Crippen LogP contribution in [0.3, 0.4) is 0 Å². The van der Waals surface area contributed by atoms with Gasteiger partial charge in [0.2, 0.25) is 0 Å². The van der Waals surface area contributed by atoms with Crippen molar-refractivity contribution in [2.45, 2.75) is 19.4 Å². The monoisotopic (exact) mass is 379 g/mol. The Bertz CT molecular complexity index is 995. The summed E-state index contributed by atoms with van der Waals surface area (Å²) in [6.45, 7) is 1.84. The summed E-state index contributed by atoms with van der Waals surface area (Å²) in [4.78, 5) is 15.3. The second-order valence-electron chi connectivity index (χ2n) is 5.49. The molecule has 0 amide bonds. The minimum atomic E-state index is -0.974. The molecule has 0 aliphatic heterocycles. The van der Waals surface area contributed by atoms with Crippen LogP contribution in [-0.4, -0.2) is 27.8 Å². The summed E-state index contributed by atoms with van der Waals surface area (Å²) >= 11 is 5.37. The van der Waals surface area contributed by atoms with Crippen LogP contribution in [0.15, 0.2) is 35.0 Å². The fourth-order valence-corrected chi connectivity index (χ4v) is 3.17. The van der Waals surface area contributed by atoms with Gasteiger partial charge in [0.1, 0.15) is 5.69 Å². The third-order valence-corrected chi connectivity index (χ3v) is 4.32. The molecule has 2 heterocycles. The lowest BCUT2D eigenvalue weighted by Crippen LogP contribution is -2.18. The van der Waals surface area contributed by atoms with Crippen molar-refractivity contribution in [3.63, 3.8) is 0 Å². The third-order valence-electron chi connectivity index (χ3n) is 4.02. The number of nitrogens with one attached hydrogen (secondary N) is 1. The quantitative estimate of drug-likeness (QED) is 0.530. The average Bonchev–Trinajstić information content (AvgIpc) is 3.26. The lowest BCUT2D eigenvalue weighted by Gasteiger charge is -2.20. The maximum Gasteiger partial charge on any atom is 0.357 e. The summed E-state index contributed by atoms with van der Waals surface area (Å²) in [5.41, 5.74) is 0.891. The zero-order valence-electron chi connectivity index (χ0n) is 14.0. The number of aromatic amines is 1. The molecule has 0 bridgehead atoms. The van der Waals surface area contributed by atoms with E-state index in [1.807, 2.05) is 6.92 Å². The Hall–Kier alpha value is -2.81. The first-order valence-corrected chi connectivity index (χ1v) is 8.17. The van der Waals surface area contributed by atoms with Crippen molar-refractivity contribution in [1.29, 1.82) is 0 Å². The number of hydrogen-bond acceptors (Lipinski definition) is 5. The van der Waals surface area contributed by atoms with E-state index in [1.165, 1.54) is 23.9 Å². The van der Waals surface area contributed by atoms with Crippen molar-refractivity contribution < 1.29 is 22.8 Å². The number of ether oxygens (including phenoxy) is 1. The highest BCUT2D eigenvalue weighted by atomic mass is 32.1. The number of carbonyl (C=O) groups excluding carboxylic acids is 1. The van der Waals surface area contributed by atoms with Gasteiger partial charge in [-0.1, -0.05) is 18.1 Å². The second kappa shape index (κ2) is 7.20. The van der Waals surface area contributed by atoms with Gasteiger partial charge in [-0.2, -0.15) is 0 Å². The number of hydrogen-bond donors (Lipinski definition) is 1. The Kier molecular flexibility index (Phi) is 4.99. The molecule has 3 rings (SSSR count). The number of imidazole rings is 1. The largest absolute Gasteiger partial charge is 0.464 e. The maximum atomic E-state index is 13.7. The normalized spacial score (nSPS) is 12.2. The molecule has 1 N–H and O–H groups in total. The fraction of sp³-hybridized carbons (Fsp3) is 0.235. The van der Waals surface area contributed by atoms with Crippen molar-refractivity contribution in [1.82, 2.24) is 14.7 Å². The number of H-pyrrole nitrogens is 1. The number of benzene rings is 1. The number of aromatic nitrogens is 3. The zero-order chi connectivity index (χ0) is 18.8. The summed E-state index contributed by atoms with van der Waals surface area (Å²) < 4.78 is 38.7. The van der Waals surface area contributed by atoms with Crippen molar-refractivity contribution in [3.8, 4) is 11.5 Å². The Morgan fingerprint density at radius 3 is 2.73 bits per heavy atom. The fourth-order valence-electron chi connectivity index (χ4n) is 2.85. The van der Waals surface area contributed by atoms with Gasteiger partial charge in [0.25, 0.3) is 0 Å². The number of rotatable bonds is 5. The molecule has 1 unspecified atom stereocenters. The SMILES string of the molecule is CCC(c1ccc(F)c(F)c1)n1c(C(=O)OC)c(-c2ccno2)[nH]c1=S. The molecule has 2 aromatic heterocycles.